The Hall–Kier alpha value is -2.58. The smallest absolute Gasteiger partial charge is 0.356 e. The lowest BCUT2D eigenvalue weighted by atomic mass is 10.1. The van der Waals surface area contributed by atoms with Gasteiger partial charge < -0.3 is 10.8 Å². The van der Waals surface area contributed by atoms with Crippen molar-refractivity contribution in [2.45, 2.75) is 0 Å². The van der Waals surface area contributed by atoms with E-state index in [9.17, 15) is 9.18 Å². The Bertz CT molecular complexity index is 736. The first-order valence-electron chi connectivity index (χ1n) is 5.40. The van der Waals surface area contributed by atoms with E-state index in [2.05, 4.69) is 10.9 Å². The molecule has 2 aromatic rings. The zero-order valence-corrected chi connectivity index (χ0v) is 10.8. The molecule has 6 heteroatoms. The highest BCUT2D eigenvalue weighted by Crippen LogP contribution is 2.32. The van der Waals surface area contributed by atoms with Gasteiger partial charge in [-0.2, -0.15) is 0 Å². The third-order valence-electron chi connectivity index (χ3n) is 2.64. The summed E-state index contributed by atoms with van der Waals surface area (Å²) in [5.41, 5.74) is 5.30. The van der Waals surface area contributed by atoms with Crippen molar-refractivity contribution in [3.05, 3.63) is 46.4 Å². The van der Waals surface area contributed by atoms with Crippen molar-refractivity contribution in [3.8, 4) is 23.6 Å². The van der Waals surface area contributed by atoms with Crippen LogP contribution in [0, 0.1) is 18.2 Å². The van der Waals surface area contributed by atoms with E-state index in [0.29, 0.717) is 11.1 Å². The first kappa shape index (κ1) is 13.8. The van der Waals surface area contributed by atoms with Gasteiger partial charge in [0.15, 0.2) is 11.5 Å². The van der Waals surface area contributed by atoms with Crippen molar-refractivity contribution in [1.29, 1.82) is 0 Å². The lowest BCUT2D eigenvalue weighted by molar-refractivity contribution is 0.0691. The van der Waals surface area contributed by atoms with E-state index >= 15 is 0 Å². The second-order valence-electron chi connectivity index (χ2n) is 3.88. The molecule has 0 radical (unpaired) electrons. The molecule has 0 saturated heterocycles. The highest BCUT2D eigenvalue weighted by molar-refractivity contribution is 6.35. The van der Waals surface area contributed by atoms with Crippen LogP contribution < -0.4 is 5.73 Å². The number of pyridine rings is 1. The minimum atomic E-state index is -1.39. The average Bonchev–Trinajstić information content (AvgIpc) is 2.45. The molecule has 4 nitrogen and oxygen atoms in total. The van der Waals surface area contributed by atoms with Crippen molar-refractivity contribution < 1.29 is 14.3 Å². The Morgan fingerprint density at radius 3 is 2.50 bits per heavy atom. The number of aromatic carboxylic acids is 1. The zero-order valence-electron chi connectivity index (χ0n) is 10.0. The minimum absolute atomic E-state index is 0.187. The third kappa shape index (κ3) is 2.29. The standard InChI is InChI=1S/C14H8ClFN2O2/c1-2-7-3-5-8(6-4-7)12-10(16)11(17)9(15)13(18-12)14(19)20/h1,3-6H,(H2,17,18)(H,19,20). The normalized spacial score (nSPS) is 10.1. The van der Waals surface area contributed by atoms with Crippen molar-refractivity contribution in [2.24, 2.45) is 0 Å². The van der Waals surface area contributed by atoms with Crippen molar-refractivity contribution >= 4 is 23.3 Å². The Labute approximate surface area is 119 Å². The fraction of sp³-hybridized carbons (Fsp3) is 0. The molecule has 0 unspecified atom stereocenters. The number of benzene rings is 1. The number of nitrogens with zero attached hydrogens (tertiary/aromatic N) is 1. The van der Waals surface area contributed by atoms with Gasteiger partial charge in [-0.25, -0.2) is 14.2 Å². The highest BCUT2D eigenvalue weighted by atomic mass is 35.5. The van der Waals surface area contributed by atoms with Crippen molar-refractivity contribution in [2.75, 3.05) is 5.73 Å². The van der Waals surface area contributed by atoms with Crippen LogP contribution in [0.15, 0.2) is 24.3 Å². The summed E-state index contributed by atoms with van der Waals surface area (Å²) in [7, 11) is 0. The minimum Gasteiger partial charge on any atom is -0.476 e. The second-order valence-corrected chi connectivity index (χ2v) is 4.26. The Balaban J connectivity index is 2.67. The van der Waals surface area contributed by atoms with Gasteiger partial charge in [0.1, 0.15) is 5.69 Å². The average molecular weight is 291 g/mol. The second kappa shape index (κ2) is 5.19. The number of nitrogens with two attached hydrogens (primary N) is 1. The molecule has 1 aromatic heterocycles. The van der Waals surface area contributed by atoms with Crippen LogP contribution in [0.25, 0.3) is 11.3 Å². The quantitative estimate of drug-likeness (QED) is 0.834. The van der Waals surface area contributed by atoms with Crippen LogP contribution in [-0.2, 0) is 0 Å². The molecule has 20 heavy (non-hydrogen) atoms. The van der Waals surface area contributed by atoms with Crippen molar-refractivity contribution in [1.82, 2.24) is 4.98 Å². The maximum Gasteiger partial charge on any atom is 0.356 e. The van der Waals surface area contributed by atoms with Crippen LogP contribution in [-0.4, -0.2) is 16.1 Å². The summed E-state index contributed by atoms with van der Waals surface area (Å²) >= 11 is 5.67. The number of carboxylic acid groups (broad SMARTS) is 1. The van der Waals surface area contributed by atoms with Gasteiger partial charge in [0.2, 0.25) is 0 Å². The number of hydrogen-bond acceptors (Lipinski definition) is 3. The summed E-state index contributed by atoms with van der Waals surface area (Å²) in [6.07, 6.45) is 5.22. The predicted octanol–water partition coefficient (Wildman–Crippen LogP) is 2.80. The molecule has 0 saturated carbocycles. The summed E-state index contributed by atoms with van der Waals surface area (Å²) in [5.74, 6) is 0.163. The zero-order chi connectivity index (χ0) is 14.9. The number of nitrogen functional groups attached to an aromatic ring is 1. The molecular weight excluding hydrogens is 283 g/mol. The summed E-state index contributed by atoms with van der Waals surface area (Å²) < 4.78 is 14.1. The molecule has 0 amide bonds. The number of anilines is 1. The van der Waals surface area contributed by atoms with E-state index in [-0.39, 0.29) is 5.69 Å². The summed E-state index contributed by atoms with van der Waals surface area (Å²) in [6.45, 7) is 0. The molecule has 0 atom stereocenters. The number of carbonyl (C=O) groups is 1. The van der Waals surface area contributed by atoms with Crippen LogP contribution in [0.2, 0.25) is 5.02 Å². The third-order valence-corrected chi connectivity index (χ3v) is 3.02. The van der Waals surface area contributed by atoms with Crippen LogP contribution in [0.4, 0.5) is 10.1 Å². The number of rotatable bonds is 2. The van der Waals surface area contributed by atoms with E-state index < -0.39 is 28.2 Å². The summed E-state index contributed by atoms with van der Waals surface area (Å²) in [6, 6.07) is 6.22. The molecule has 0 aliphatic carbocycles. The maximum absolute atomic E-state index is 14.1. The van der Waals surface area contributed by atoms with Gasteiger partial charge in [-0.05, 0) is 12.1 Å². The highest BCUT2D eigenvalue weighted by Gasteiger charge is 2.21. The van der Waals surface area contributed by atoms with E-state index in [4.69, 9.17) is 28.9 Å². The van der Waals surface area contributed by atoms with Crippen molar-refractivity contribution in [3.63, 3.8) is 0 Å². The van der Waals surface area contributed by atoms with Gasteiger partial charge in [-0.1, -0.05) is 29.7 Å². The first-order chi connectivity index (χ1) is 9.45. The number of carboxylic acids is 1. The Kier molecular flexibility index (Phi) is 3.59. The summed E-state index contributed by atoms with van der Waals surface area (Å²) in [5, 5.41) is 8.57. The van der Waals surface area contributed by atoms with Crippen LogP contribution >= 0.6 is 11.6 Å². The number of terminal acetylenes is 1. The first-order valence-corrected chi connectivity index (χ1v) is 5.78. The van der Waals surface area contributed by atoms with Gasteiger partial charge in [0.05, 0.1) is 10.7 Å². The molecule has 0 bridgehead atoms. The molecule has 3 N–H and O–H groups in total. The Morgan fingerprint density at radius 1 is 1.40 bits per heavy atom. The molecule has 0 fully saturated rings. The van der Waals surface area contributed by atoms with Gasteiger partial charge >= 0.3 is 5.97 Å². The van der Waals surface area contributed by atoms with Gasteiger partial charge in [-0.15, -0.1) is 6.42 Å². The van der Waals surface area contributed by atoms with Crippen LogP contribution in [0.3, 0.4) is 0 Å². The molecule has 0 aliphatic rings. The van der Waals surface area contributed by atoms with E-state index in [0.717, 1.165) is 0 Å². The lowest BCUT2D eigenvalue weighted by Crippen LogP contribution is -2.08. The maximum atomic E-state index is 14.1. The van der Waals surface area contributed by atoms with E-state index in [1.165, 1.54) is 12.1 Å². The summed E-state index contributed by atoms with van der Waals surface area (Å²) in [4.78, 5) is 14.7. The van der Waals surface area contributed by atoms with Crippen LogP contribution in [0.5, 0.6) is 0 Å². The lowest BCUT2D eigenvalue weighted by Gasteiger charge is -2.09. The molecule has 1 aromatic carbocycles. The Morgan fingerprint density at radius 2 is 2.00 bits per heavy atom. The molecule has 1 heterocycles. The molecule has 100 valence electrons. The number of aromatic nitrogens is 1. The molecular formula is C14H8ClFN2O2. The number of halogens is 2. The fourth-order valence-corrected chi connectivity index (χ4v) is 1.82. The largest absolute Gasteiger partial charge is 0.476 e. The number of hydrogen-bond donors (Lipinski definition) is 2. The van der Waals surface area contributed by atoms with E-state index in [1.807, 2.05) is 0 Å². The topological polar surface area (TPSA) is 76.2 Å². The SMILES string of the molecule is C#Cc1ccc(-c2nc(C(=O)O)c(Cl)c(N)c2F)cc1. The fourth-order valence-electron chi connectivity index (χ4n) is 1.62. The molecule has 0 spiro atoms. The van der Waals surface area contributed by atoms with Gasteiger partial charge in [-0.3, -0.25) is 0 Å². The predicted molar refractivity (Wildman–Crippen MR) is 73.9 cm³/mol. The van der Waals surface area contributed by atoms with Crippen LogP contribution in [0.1, 0.15) is 16.1 Å². The van der Waals surface area contributed by atoms with Gasteiger partial charge in [0, 0.05) is 11.1 Å². The molecule has 0 aliphatic heterocycles. The monoisotopic (exact) mass is 290 g/mol. The van der Waals surface area contributed by atoms with Gasteiger partial charge in [0.25, 0.3) is 0 Å². The van der Waals surface area contributed by atoms with E-state index in [1.54, 1.807) is 12.1 Å². The molecule has 2 rings (SSSR count).